The molecule has 0 radical (unpaired) electrons. The molecule has 2 aromatic rings. The Hall–Kier alpha value is -2.54. The maximum atomic E-state index is 12.8. The molecular weight excluding hydrogens is 266 g/mol. The van der Waals surface area contributed by atoms with Crippen LogP contribution in [0.1, 0.15) is 38.9 Å². The van der Waals surface area contributed by atoms with Crippen molar-refractivity contribution in [3.63, 3.8) is 0 Å². The third-order valence-electron chi connectivity index (χ3n) is 3.65. The zero-order valence-corrected chi connectivity index (χ0v) is 12.6. The Kier molecular flexibility index (Phi) is 4.13. The van der Waals surface area contributed by atoms with Crippen molar-refractivity contribution in [3.05, 3.63) is 52.5 Å². The number of aryl methyl sites for hydroxylation is 2. The van der Waals surface area contributed by atoms with Gasteiger partial charge in [-0.15, -0.1) is 0 Å². The van der Waals surface area contributed by atoms with E-state index in [9.17, 15) is 10.1 Å². The highest BCUT2D eigenvalue weighted by molar-refractivity contribution is 6.05. The summed E-state index contributed by atoms with van der Waals surface area (Å²) in [7, 11) is 1.52. The smallest absolute Gasteiger partial charge is 0.188 e. The average molecular weight is 283 g/mol. The number of hydrogen-bond acceptors (Lipinski definition) is 4. The van der Waals surface area contributed by atoms with Crippen LogP contribution in [0.4, 0.5) is 0 Å². The summed E-state index contributed by atoms with van der Waals surface area (Å²) in [4.78, 5) is 12.8. The van der Waals surface area contributed by atoms with E-state index < -0.39 is 5.92 Å². The first kappa shape index (κ1) is 14.9. The van der Waals surface area contributed by atoms with Gasteiger partial charge in [-0.1, -0.05) is 18.2 Å². The predicted molar refractivity (Wildman–Crippen MR) is 78.6 cm³/mol. The molecule has 0 N–H and O–H groups in total. The highest BCUT2D eigenvalue weighted by atomic mass is 16.5. The Morgan fingerprint density at radius 3 is 2.43 bits per heavy atom. The SMILES string of the molecule is COc1ccccc1C(C#N)C(=O)c1c(C)oc(C)c1C. The van der Waals surface area contributed by atoms with Crippen molar-refractivity contribution in [1.29, 1.82) is 5.26 Å². The van der Waals surface area contributed by atoms with Gasteiger partial charge in [-0.25, -0.2) is 0 Å². The number of methoxy groups -OCH3 is 1. The molecule has 1 heterocycles. The van der Waals surface area contributed by atoms with Gasteiger partial charge in [0.25, 0.3) is 0 Å². The lowest BCUT2D eigenvalue weighted by molar-refractivity contribution is 0.0976. The van der Waals surface area contributed by atoms with E-state index in [4.69, 9.17) is 9.15 Å². The predicted octanol–water partition coefficient (Wildman–Crippen LogP) is 3.70. The van der Waals surface area contributed by atoms with E-state index in [-0.39, 0.29) is 5.78 Å². The molecule has 0 aliphatic heterocycles. The Labute approximate surface area is 124 Å². The van der Waals surface area contributed by atoms with E-state index in [0.29, 0.717) is 28.4 Å². The Morgan fingerprint density at radius 2 is 1.90 bits per heavy atom. The van der Waals surface area contributed by atoms with Crippen LogP contribution < -0.4 is 4.74 Å². The third-order valence-corrected chi connectivity index (χ3v) is 3.65. The molecule has 0 saturated carbocycles. The van der Waals surface area contributed by atoms with Crippen LogP contribution in [0, 0.1) is 32.1 Å². The Morgan fingerprint density at radius 1 is 1.24 bits per heavy atom. The highest BCUT2D eigenvalue weighted by Crippen LogP contribution is 2.32. The topological polar surface area (TPSA) is 63.2 Å². The monoisotopic (exact) mass is 283 g/mol. The van der Waals surface area contributed by atoms with Crippen LogP contribution in [0.3, 0.4) is 0 Å². The van der Waals surface area contributed by atoms with Crippen molar-refractivity contribution in [2.45, 2.75) is 26.7 Å². The largest absolute Gasteiger partial charge is 0.496 e. The molecule has 4 nitrogen and oxygen atoms in total. The van der Waals surface area contributed by atoms with Crippen molar-refractivity contribution >= 4 is 5.78 Å². The molecule has 1 aromatic carbocycles. The molecule has 0 fully saturated rings. The summed E-state index contributed by atoms with van der Waals surface area (Å²) >= 11 is 0. The molecule has 4 heteroatoms. The van der Waals surface area contributed by atoms with Gasteiger partial charge in [0.15, 0.2) is 5.78 Å². The van der Waals surface area contributed by atoms with Gasteiger partial charge in [0.05, 0.1) is 18.7 Å². The number of hydrogen-bond donors (Lipinski definition) is 0. The van der Waals surface area contributed by atoms with Crippen LogP contribution in [-0.4, -0.2) is 12.9 Å². The van der Waals surface area contributed by atoms with E-state index in [1.165, 1.54) is 7.11 Å². The van der Waals surface area contributed by atoms with Gasteiger partial charge in [0.2, 0.25) is 0 Å². The highest BCUT2D eigenvalue weighted by Gasteiger charge is 2.29. The summed E-state index contributed by atoms with van der Waals surface area (Å²) in [6.45, 7) is 5.38. The molecule has 0 amide bonds. The van der Waals surface area contributed by atoms with Gasteiger partial charge in [-0.3, -0.25) is 4.79 Å². The van der Waals surface area contributed by atoms with Crippen molar-refractivity contribution in [2.24, 2.45) is 0 Å². The zero-order valence-electron chi connectivity index (χ0n) is 12.6. The quantitative estimate of drug-likeness (QED) is 0.802. The van der Waals surface area contributed by atoms with Gasteiger partial charge in [-0.2, -0.15) is 5.26 Å². The van der Waals surface area contributed by atoms with E-state index in [1.807, 2.05) is 13.8 Å². The van der Waals surface area contributed by atoms with Gasteiger partial charge < -0.3 is 9.15 Å². The molecular formula is C17H17NO3. The first-order valence-corrected chi connectivity index (χ1v) is 6.64. The standard InChI is InChI=1S/C17H17NO3/c1-10-11(2)21-12(3)16(10)17(19)14(9-18)13-7-5-6-8-15(13)20-4/h5-8,14H,1-4H3. The van der Waals surface area contributed by atoms with Crippen molar-refractivity contribution < 1.29 is 13.9 Å². The van der Waals surface area contributed by atoms with Crippen molar-refractivity contribution in [3.8, 4) is 11.8 Å². The average Bonchev–Trinajstić information content (AvgIpc) is 2.73. The molecule has 0 spiro atoms. The minimum Gasteiger partial charge on any atom is -0.496 e. The molecule has 1 aromatic heterocycles. The number of benzene rings is 1. The first-order chi connectivity index (χ1) is 10.0. The summed E-state index contributed by atoms with van der Waals surface area (Å²) in [5.41, 5.74) is 1.85. The number of carbonyl (C=O) groups excluding carboxylic acids is 1. The maximum Gasteiger partial charge on any atom is 0.188 e. The molecule has 108 valence electrons. The normalized spacial score (nSPS) is 11.8. The van der Waals surface area contributed by atoms with Gasteiger partial charge in [0, 0.05) is 11.1 Å². The fourth-order valence-electron chi connectivity index (χ4n) is 2.47. The second-order valence-corrected chi connectivity index (χ2v) is 4.88. The lowest BCUT2D eigenvalue weighted by atomic mass is 9.89. The molecule has 0 bridgehead atoms. The van der Waals surface area contributed by atoms with E-state index in [2.05, 4.69) is 6.07 Å². The summed E-state index contributed by atoms with van der Waals surface area (Å²) in [6.07, 6.45) is 0. The number of nitriles is 1. The third kappa shape index (κ3) is 2.55. The molecule has 0 saturated heterocycles. The number of para-hydroxylation sites is 1. The maximum absolute atomic E-state index is 12.8. The van der Waals surface area contributed by atoms with Crippen LogP contribution in [0.15, 0.2) is 28.7 Å². The molecule has 21 heavy (non-hydrogen) atoms. The van der Waals surface area contributed by atoms with Gasteiger partial charge >= 0.3 is 0 Å². The minimum absolute atomic E-state index is 0.256. The zero-order chi connectivity index (χ0) is 15.6. The fraction of sp³-hybridized carbons (Fsp3) is 0.294. The summed E-state index contributed by atoms with van der Waals surface area (Å²) in [6, 6.07) is 9.16. The number of ether oxygens (including phenoxy) is 1. The fourth-order valence-corrected chi connectivity index (χ4v) is 2.47. The van der Waals surface area contributed by atoms with Crippen molar-refractivity contribution in [2.75, 3.05) is 7.11 Å². The van der Waals surface area contributed by atoms with Crippen LogP contribution in [0.2, 0.25) is 0 Å². The number of rotatable bonds is 4. The Bertz CT molecular complexity index is 722. The second kappa shape index (κ2) is 5.84. The first-order valence-electron chi connectivity index (χ1n) is 6.64. The number of ketones is 1. The number of carbonyl (C=O) groups is 1. The molecule has 0 aliphatic carbocycles. The molecule has 1 unspecified atom stereocenters. The summed E-state index contributed by atoms with van der Waals surface area (Å²) in [5.74, 6) is 0.620. The van der Waals surface area contributed by atoms with Crippen LogP contribution >= 0.6 is 0 Å². The van der Waals surface area contributed by atoms with E-state index in [0.717, 1.165) is 5.56 Å². The van der Waals surface area contributed by atoms with Gasteiger partial charge in [-0.05, 0) is 26.8 Å². The number of Topliss-reactive ketones (excluding diaryl/α,β-unsaturated/α-hetero) is 1. The minimum atomic E-state index is -0.907. The van der Waals surface area contributed by atoms with Crippen LogP contribution in [-0.2, 0) is 0 Å². The van der Waals surface area contributed by atoms with Gasteiger partial charge in [0.1, 0.15) is 23.2 Å². The molecule has 1 atom stereocenters. The Balaban J connectivity index is 2.52. The summed E-state index contributed by atoms with van der Waals surface area (Å²) < 4.78 is 10.7. The molecule has 0 aliphatic rings. The number of nitrogens with zero attached hydrogens (tertiary/aromatic N) is 1. The van der Waals surface area contributed by atoms with Crippen LogP contribution in [0.25, 0.3) is 0 Å². The second-order valence-electron chi connectivity index (χ2n) is 4.88. The lowest BCUT2D eigenvalue weighted by Crippen LogP contribution is -2.13. The summed E-state index contributed by atoms with van der Waals surface area (Å²) in [5, 5.41) is 9.46. The van der Waals surface area contributed by atoms with E-state index >= 15 is 0 Å². The van der Waals surface area contributed by atoms with E-state index in [1.54, 1.807) is 31.2 Å². The number of furan rings is 1. The van der Waals surface area contributed by atoms with Crippen LogP contribution in [0.5, 0.6) is 5.75 Å². The van der Waals surface area contributed by atoms with Crippen molar-refractivity contribution in [1.82, 2.24) is 0 Å². The lowest BCUT2D eigenvalue weighted by Gasteiger charge is -2.12. The molecule has 2 rings (SSSR count).